The Morgan fingerprint density at radius 2 is 2.10 bits per heavy atom. The molecule has 4 nitrogen and oxygen atoms in total. The molecule has 0 bridgehead atoms. The number of rotatable bonds is 3. The average molecular weight is 338 g/mol. The zero-order valence-corrected chi connectivity index (χ0v) is 12.6. The van der Waals surface area contributed by atoms with Gasteiger partial charge < -0.3 is 10.2 Å². The Morgan fingerprint density at radius 3 is 2.75 bits per heavy atom. The number of aromatic nitrogens is 1. The molecular formula is C14H13BrFN3O. The van der Waals surface area contributed by atoms with Crippen LogP contribution in [0.5, 0.6) is 0 Å². The molecule has 1 N–H and O–H groups in total. The third-order valence-corrected chi connectivity index (χ3v) is 3.13. The van der Waals surface area contributed by atoms with Crippen molar-refractivity contribution in [3.8, 4) is 0 Å². The molecule has 0 radical (unpaired) electrons. The standard InChI is InChI=1S/C14H13BrFN3O/c1-19(2)13-12(4-3-7-17-13)18-14(20)10-6-5-9(15)8-11(10)16/h3-8H,1-2H3,(H,18,20). The van der Waals surface area contributed by atoms with Gasteiger partial charge in [0, 0.05) is 24.8 Å². The van der Waals surface area contributed by atoms with Crippen molar-refractivity contribution < 1.29 is 9.18 Å². The van der Waals surface area contributed by atoms with Gasteiger partial charge in [-0.05, 0) is 30.3 Å². The fourth-order valence-corrected chi connectivity index (χ4v) is 2.05. The molecule has 104 valence electrons. The van der Waals surface area contributed by atoms with E-state index >= 15 is 0 Å². The van der Waals surface area contributed by atoms with Crippen LogP contribution in [-0.2, 0) is 0 Å². The summed E-state index contributed by atoms with van der Waals surface area (Å²) in [5.41, 5.74) is 0.520. The molecule has 0 aliphatic rings. The molecule has 2 aromatic rings. The first-order valence-corrected chi connectivity index (χ1v) is 6.67. The first-order valence-electron chi connectivity index (χ1n) is 5.88. The van der Waals surface area contributed by atoms with E-state index in [-0.39, 0.29) is 5.56 Å². The molecule has 0 saturated carbocycles. The highest BCUT2D eigenvalue weighted by Gasteiger charge is 2.14. The lowest BCUT2D eigenvalue weighted by molar-refractivity contribution is 0.102. The molecule has 0 unspecified atom stereocenters. The maximum absolute atomic E-state index is 13.7. The van der Waals surface area contributed by atoms with Gasteiger partial charge in [-0.3, -0.25) is 4.79 Å². The van der Waals surface area contributed by atoms with Crippen LogP contribution in [-0.4, -0.2) is 25.0 Å². The maximum Gasteiger partial charge on any atom is 0.258 e. The van der Waals surface area contributed by atoms with Crippen molar-refractivity contribution in [3.63, 3.8) is 0 Å². The maximum atomic E-state index is 13.7. The molecule has 6 heteroatoms. The number of hydrogen-bond donors (Lipinski definition) is 1. The van der Waals surface area contributed by atoms with E-state index in [9.17, 15) is 9.18 Å². The van der Waals surface area contributed by atoms with E-state index < -0.39 is 11.7 Å². The summed E-state index contributed by atoms with van der Waals surface area (Å²) < 4.78 is 14.3. The number of halogens is 2. The zero-order valence-electron chi connectivity index (χ0n) is 11.0. The van der Waals surface area contributed by atoms with E-state index in [2.05, 4.69) is 26.2 Å². The van der Waals surface area contributed by atoms with Crippen LogP contribution >= 0.6 is 15.9 Å². The lowest BCUT2D eigenvalue weighted by Crippen LogP contribution is -2.18. The van der Waals surface area contributed by atoms with E-state index in [4.69, 9.17) is 0 Å². The van der Waals surface area contributed by atoms with E-state index in [1.54, 1.807) is 29.3 Å². The molecule has 0 aliphatic heterocycles. The second-order valence-electron chi connectivity index (χ2n) is 4.35. The van der Waals surface area contributed by atoms with Crippen molar-refractivity contribution in [1.82, 2.24) is 4.98 Å². The van der Waals surface area contributed by atoms with Crippen LogP contribution in [0.4, 0.5) is 15.9 Å². The van der Waals surface area contributed by atoms with Crippen molar-refractivity contribution in [2.45, 2.75) is 0 Å². The molecule has 0 aliphatic carbocycles. The normalized spacial score (nSPS) is 10.2. The quantitative estimate of drug-likeness (QED) is 0.934. The molecule has 1 amide bonds. The van der Waals surface area contributed by atoms with Gasteiger partial charge in [-0.15, -0.1) is 0 Å². The second kappa shape index (κ2) is 6.00. The second-order valence-corrected chi connectivity index (χ2v) is 5.26. The summed E-state index contributed by atoms with van der Waals surface area (Å²) >= 11 is 3.15. The van der Waals surface area contributed by atoms with Gasteiger partial charge in [-0.25, -0.2) is 9.37 Å². The van der Waals surface area contributed by atoms with Gasteiger partial charge in [0.25, 0.3) is 5.91 Å². The Labute approximate surface area is 124 Å². The highest BCUT2D eigenvalue weighted by Crippen LogP contribution is 2.22. The minimum absolute atomic E-state index is 0.0123. The fraction of sp³-hybridized carbons (Fsp3) is 0.143. The predicted molar refractivity (Wildman–Crippen MR) is 80.6 cm³/mol. The van der Waals surface area contributed by atoms with E-state index in [0.717, 1.165) is 0 Å². The van der Waals surface area contributed by atoms with E-state index in [1.165, 1.54) is 12.1 Å². The molecule has 0 spiro atoms. The number of carbonyl (C=O) groups excluding carboxylic acids is 1. The van der Waals surface area contributed by atoms with Gasteiger partial charge >= 0.3 is 0 Å². The summed E-state index contributed by atoms with van der Waals surface area (Å²) in [6, 6.07) is 7.73. The molecule has 0 saturated heterocycles. The minimum Gasteiger partial charge on any atom is -0.361 e. The predicted octanol–water partition coefficient (Wildman–Crippen LogP) is 3.30. The lowest BCUT2D eigenvalue weighted by Gasteiger charge is -2.16. The topological polar surface area (TPSA) is 45.2 Å². The minimum atomic E-state index is -0.577. The number of carbonyl (C=O) groups is 1. The SMILES string of the molecule is CN(C)c1ncccc1NC(=O)c1ccc(Br)cc1F. The summed E-state index contributed by atoms with van der Waals surface area (Å²) in [6.07, 6.45) is 1.63. The Morgan fingerprint density at radius 1 is 1.35 bits per heavy atom. The first-order chi connectivity index (χ1) is 9.49. The Balaban J connectivity index is 2.28. The summed E-state index contributed by atoms with van der Waals surface area (Å²) in [7, 11) is 3.64. The van der Waals surface area contributed by atoms with Crippen molar-refractivity contribution in [3.05, 3.63) is 52.4 Å². The first kappa shape index (κ1) is 14.5. The van der Waals surface area contributed by atoms with Crippen LogP contribution in [0, 0.1) is 5.82 Å². The molecule has 0 atom stereocenters. The van der Waals surface area contributed by atoms with Gasteiger partial charge in [-0.1, -0.05) is 15.9 Å². The molecule has 1 aromatic carbocycles. The average Bonchev–Trinajstić information content (AvgIpc) is 2.38. The van der Waals surface area contributed by atoms with Gasteiger partial charge in [0.1, 0.15) is 5.82 Å². The fourth-order valence-electron chi connectivity index (χ4n) is 1.71. The molecular weight excluding hydrogens is 325 g/mol. The van der Waals surface area contributed by atoms with Crippen LogP contribution < -0.4 is 10.2 Å². The molecule has 20 heavy (non-hydrogen) atoms. The summed E-state index contributed by atoms with van der Waals surface area (Å²) in [5, 5.41) is 2.67. The van der Waals surface area contributed by atoms with Crippen molar-refractivity contribution >= 4 is 33.3 Å². The number of anilines is 2. The zero-order chi connectivity index (χ0) is 14.7. The highest BCUT2D eigenvalue weighted by atomic mass is 79.9. The molecule has 0 fully saturated rings. The Bertz CT molecular complexity index is 646. The van der Waals surface area contributed by atoms with E-state index in [1.807, 2.05) is 14.1 Å². The van der Waals surface area contributed by atoms with Gasteiger partial charge in [0.05, 0.1) is 11.3 Å². The third kappa shape index (κ3) is 3.14. The van der Waals surface area contributed by atoms with Crippen LogP contribution in [0.3, 0.4) is 0 Å². The third-order valence-electron chi connectivity index (χ3n) is 2.63. The number of nitrogens with zero attached hydrogens (tertiary/aromatic N) is 2. The number of amides is 1. The Hall–Kier alpha value is -1.95. The monoisotopic (exact) mass is 337 g/mol. The van der Waals surface area contributed by atoms with Crippen molar-refractivity contribution in [2.24, 2.45) is 0 Å². The Kier molecular flexibility index (Phi) is 4.34. The summed E-state index contributed by atoms with van der Waals surface area (Å²) in [6.45, 7) is 0. The molecule has 1 heterocycles. The van der Waals surface area contributed by atoms with E-state index in [0.29, 0.717) is 16.0 Å². The molecule has 1 aromatic heterocycles. The number of nitrogens with one attached hydrogen (secondary N) is 1. The van der Waals surface area contributed by atoms with Gasteiger partial charge in [0.15, 0.2) is 5.82 Å². The summed E-state index contributed by atoms with van der Waals surface area (Å²) in [4.78, 5) is 18.1. The van der Waals surface area contributed by atoms with Crippen molar-refractivity contribution in [1.29, 1.82) is 0 Å². The number of hydrogen-bond acceptors (Lipinski definition) is 3. The largest absolute Gasteiger partial charge is 0.361 e. The highest BCUT2D eigenvalue weighted by molar-refractivity contribution is 9.10. The van der Waals surface area contributed by atoms with Gasteiger partial charge in [-0.2, -0.15) is 0 Å². The van der Waals surface area contributed by atoms with Crippen LogP contribution in [0.2, 0.25) is 0 Å². The van der Waals surface area contributed by atoms with Crippen LogP contribution in [0.1, 0.15) is 10.4 Å². The van der Waals surface area contributed by atoms with Crippen LogP contribution in [0.25, 0.3) is 0 Å². The van der Waals surface area contributed by atoms with Crippen LogP contribution in [0.15, 0.2) is 41.0 Å². The van der Waals surface area contributed by atoms with Gasteiger partial charge in [0.2, 0.25) is 0 Å². The smallest absolute Gasteiger partial charge is 0.258 e. The molecule has 2 rings (SSSR count). The number of pyridine rings is 1. The lowest BCUT2D eigenvalue weighted by atomic mass is 10.2. The summed E-state index contributed by atoms with van der Waals surface area (Å²) in [5.74, 6) is -0.475. The number of benzene rings is 1. The van der Waals surface area contributed by atoms with Crippen molar-refractivity contribution in [2.75, 3.05) is 24.3 Å².